The van der Waals surface area contributed by atoms with E-state index in [1.54, 1.807) is 13.8 Å². The van der Waals surface area contributed by atoms with E-state index in [4.69, 9.17) is 14.2 Å². The maximum absolute atomic E-state index is 11.6. The van der Waals surface area contributed by atoms with Gasteiger partial charge in [-0.2, -0.15) is 0 Å². The van der Waals surface area contributed by atoms with E-state index in [0.717, 1.165) is 37.0 Å². The summed E-state index contributed by atoms with van der Waals surface area (Å²) in [5.41, 5.74) is -0.307. The van der Waals surface area contributed by atoms with Gasteiger partial charge in [-0.25, -0.2) is 0 Å². The molecule has 0 amide bonds. The summed E-state index contributed by atoms with van der Waals surface area (Å²) in [5, 5.41) is 10.7. The van der Waals surface area contributed by atoms with Gasteiger partial charge in [-0.1, -0.05) is 20.8 Å². The van der Waals surface area contributed by atoms with E-state index < -0.39 is 5.60 Å². The highest BCUT2D eigenvalue weighted by atomic mass is 16.5. The number of aliphatic hydroxyl groups is 1. The lowest BCUT2D eigenvalue weighted by molar-refractivity contribution is -0.160. The van der Waals surface area contributed by atoms with Crippen LogP contribution in [0.1, 0.15) is 106 Å². The first-order valence-corrected chi connectivity index (χ1v) is 15.0. The monoisotopic (exact) mass is 518 g/mol. The van der Waals surface area contributed by atoms with Crippen LogP contribution in [0.4, 0.5) is 0 Å². The Balaban J connectivity index is 1.24. The molecule has 6 nitrogen and oxygen atoms in total. The SMILES string of the molecule is CC(=O)OCC(C)(O)CCC1OC2CC3C4CCC5CC(OC(C)=O)CCC5(C)C4CCC3(C)C2C1C. The van der Waals surface area contributed by atoms with E-state index in [1.807, 2.05) is 0 Å². The molecule has 12 atom stereocenters. The molecular formula is C31H50O6. The van der Waals surface area contributed by atoms with Crippen molar-refractivity contribution >= 4 is 11.9 Å². The molecule has 5 fully saturated rings. The van der Waals surface area contributed by atoms with Gasteiger partial charge in [-0.3, -0.25) is 9.59 Å². The molecule has 0 spiro atoms. The molecule has 37 heavy (non-hydrogen) atoms. The molecule has 1 saturated heterocycles. The Morgan fingerprint density at radius 2 is 1.73 bits per heavy atom. The van der Waals surface area contributed by atoms with Gasteiger partial charge in [-0.15, -0.1) is 0 Å². The summed E-state index contributed by atoms with van der Waals surface area (Å²) in [5.74, 6) is 3.57. The van der Waals surface area contributed by atoms with Gasteiger partial charge >= 0.3 is 11.9 Å². The smallest absolute Gasteiger partial charge is 0.302 e. The second-order valence-electron chi connectivity index (χ2n) is 14.4. The van der Waals surface area contributed by atoms with Gasteiger partial charge in [-0.05, 0) is 117 Å². The zero-order valence-electron chi connectivity index (χ0n) is 24.0. The van der Waals surface area contributed by atoms with Crippen molar-refractivity contribution in [3.63, 3.8) is 0 Å². The standard InChI is InChI=1S/C31H50O6/c1-18-26(11-12-29(4,34)17-35-19(2)32)37-27-16-25-23-8-7-21-15-22(36-20(3)33)9-13-30(21,5)24(23)10-14-31(25,6)28(18)27/h18,21-28,34H,7-17H2,1-6H3. The molecule has 4 saturated carbocycles. The topological polar surface area (TPSA) is 82.1 Å². The highest BCUT2D eigenvalue weighted by molar-refractivity contribution is 5.66. The summed E-state index contributed by atoms with van der Waals surface area (Å²) < 4.78 is 17.5. The fourth-order valence-corrected chi connectivity index (χ4v) is 10.4. The first-order chi connectivity index (χ1) is 17.3. The highest BCUT2D eigenvalue weighted by Crippen LogP contribution is 2.70. The first kappa shape index (κ1) is 27.4. The van der Waals surface area contributed by atoms with Crippen LogP contribution in [0, 0.1) is 46.3 Å². The van der Waals surface area contributed by atoms with Crippen LogP contribution in [-0.4, -0.2) is 47.6 Å². The Bertz CT molecular complexity index is 885. The van der Waals surface area contributed by atoms with E-state index in [2.05, 4.69) is 20.8 Å². The summed E-state index contributed by atoms with van der Waals surface area (Å²) in [6, 6.07) is 0. The minimum absolute atomic E-state index is 0.0422. The van der Waals surface area contributed by atoms with Crippen molar-refractivity contribution in [1.82, 2.24) is 0 Å². The number of esters is 2. The van der Waals surface area contributed by atoms with E-state index in [0.29, 0.717) is 41.1 Å². The van der Waals surface area contributed by atoms with Gasteiger partial charge in [0.25, 0.3) is 0 Å². The predicted octanol–water partition coefficient (Wildman–Crippen LogP) is 5.68. The van der Waals surface area contributed by atoms with E-state index in [9.17, 15) is 14.7 Å². The molecule has 4 aliphatic carbocycles. The van der Waals surface area contributed by atoms with Crippen molar-refractivity contribution in [3.05, 3.63) is 0 Å². The zero-order valence-corrected chi connectivity index (χ0v) is 24.0. The molecule has 1 N–H and O–H groups in total. The Labute approximate surface area is 223 Å². The Kier molecular flexibility index (Phi) is 7.26. The average Bonchev–Trinajstić information content (AvgIpc) is 3.29. The van der Waals surface area contributed by atoms with Gasteiger partial charge in [0, 0.05) is 13.8 Å². The molecule has 5 rings (SSSR count). The third-order valence-electron chi connectivity index (χ3n) is 12.1. The summed E-state index contributed by atoms with van der Waals surface area (Å²) in [7, 11) is 0. The normalized spacial score (nSPS) is 48.1. The molecule has 0 bridgehead atoms. The van der Waals surface area contributed by atoms with Gasteiger partial charge in [0.1, 0.15) is 12.7 Å². The Morgan fingerprint density at radius 1 is 1.00 bits per heavy atom. The zero-order chi connectivity index (χ0) is 26.8. The van der Waals surface area contributed by atoms with Crippen LogP contribution in [0.5, 0.6) is 0 Å². The van der Waals surface area contributed by atoms with Crippen LogP contribution in [0.3, 0.4) is 0 Å². The number of hydrogen-bond donors (Lipinski definition) is 1. The lowest BCUT2D eigenvalue weighted by Gasteiger charge is -2.61. The number of rotatable bonds is 6. The lowest BCUT2D eigenvalue weighted by atomic mass is 9.44. The first-order valence-electron chi connectivity index (χ1n) is 15.0. The molecule has 5 aliphatic rings. The van der Waals surface area contributed by atoms with Crippen molar-refractivity contribution in [3.8, 4) is 0 Å². The third-order valence-corrected chi connectivity index (χ3v) is 12.1. The molecule has 12 unspecified atom stereocenters. The van der Waals surface area contributed by atoms with Gasteiger partial charge in [0.15, 0.2) is 0 Å². The molecule has 0 aromatic rings. The molecule has 0 aromatic carbocycles. The summed E-state index contributed by atoms with van der Waals surface area (Å²) in [6.07, 6.45) is 11.6. The molecule has 6 heteroatoms. The van der Waals surface area contributed by atoms with Gasteiger partial charge < -0.3 is 19.3 Å². The Hall–Kier alpha value is -1.14. The van der Waals surface area contributed by atoms with Crippen LogP contribution < -0.4 is 0 Å². The maximum Gasteiger partial charge on any atom is 0.302 e. The minimum Gasteiger partial charge on any atom is -0.463 e. The maximum atomic E-state index is 11.6. The van der Waals surface area contributed by atoms with Crippen LogP contribution in [0.15, 0.2) is 0 Å². The predicted molar refractivity (Wildman–Crippen MR) is 140 cm³/mol. The Morgan fingerprint density at radius 3 is 2.43 bits per heavy atom. The molecule has 0 aromatic heterocycles. The summed E-state index contributed by atoms with van der Waals surface area (Å²) in [6.45, 7) is 12.2. The molecular weight excluding hydrogens is 468 g/mol. The number of carbonyl (C=O) groups is 2. The van der Waals surface area contributed by atoms with Gasteiger partial charge in [0.05, 0.1) is 17.8 Å². The summed E-state index contributed by atoms with van der Waals surface area (Å²) >= 11 is 0. The molecule has 1 heterocycles. The van der Waals surface area contributed by atoms with Crippen molar-refractivity contribution in [2.45, 2.75) is 130 Å². The fourth-order valence-electron chi connectivity index (χ4n) is 10.4. The summed E-state index contributed by atoms with van der Waals surface area (Å²) in [4.78, 5) is 22.7. The van der Waals surface area contributed by atoms with Crippen molar-refractivity contribution in [2.24, 2.45) is 46.3 Å². The van der Waals surface area contributed by atoms with E-state index in [-0.39, 0.29) is 30.8 Å². The quantitative estimate of drug-likeness (QED) is 0.455. The third kappa shape index (κ3) is 4.88. The second-order valence-corrected chi connectivity index (χ2v) is 14.4. The minimum atomic E-state index is -1.01. The largest absolute Gasteiger partial charge is 0.463 e. The number of ether oxygens (including phenoxy) is 3. The van der Waals surface area contributed by atoms with Crippen LogP contribution >= 0.6 is 0 Å². The van der Waals surface area contributed by atoms with Gasteiger partial charge in [0.2, 0.25) is 0 Å². The van der Waals surface area contributed by atoms with Crippen molar-refractivity contribution < 1.29 is 28.9 Å². The fraction of sp³-hybridized carbons (Fsp3) is 0.935. The average molecular weight is 519 g/mol. The van der Waals surface area contributed by atoms with Crippen LogP contribution in [0.2, 0.25) is 0 Å². The second kappa shape index (κ2) is 9.80. The molecule has 0 radical (unpaired) electrons. The van der Waals surface area contributed by atoms with Crippen LogP contribution in [-0.2, 0) is 23.8 Å². The number of fused-ring (bicyclic) bond motifs is 7. The van der Waals surface area contributed by atoms with Crippen LogP contribution in [0.25, 0.3) is 0 Å². The molecule has 210 valence electrons. The number of hydrogen-bond acceptors (Lipinski definition) is 6. The highest BCUT2D eigenvalue weighted by Gasteiger charge is 2.65. The lowest BCUT2D eigenvalue weighted by Crippen LogP contribution is -2.54. The number of carbonyl (C=O) groups excluding carboxylic acids is 2. The van der Waals surface area contributed by atoms with Crippen molar-refractivity contribution in [1.29, 1.82) is 0 Å². The van der Waals surface area contributed by atoms with Crippen molar-refractivity contribution in [2.75, 3.05) is 6.61 Å². The molecule has 1 aliphatic heterocycles. The van der Waals surface area contributed by atoms with E-state index in [1.165, 1.54) is 45.4 Å². The van der Waals surface area contributed by atoms with E-state index >= 15 is 0 Å².